The second-order valence-electron chi connectivity index (χ2n) is 8.70. The van der Waals surface area contributed by atoms with Crippen LogP contribution in [0.15, 0.2) is 77.6 Å². The van der Waals surface area contributed by atoms with Crippen LogP contribution in [-0.2, 0) is 11.3 Å². The molecule has 1 fully saturated rings. The lowest BCUT2D eigenvalue weighted by atomic mass is 9.89. The fourth-order valence-corrected chi connectivity index (χ4v) is 4.86. The molecule has 6 nitrogen and oxygen atoms in total. The van der Waals surface area contributed by atoms with Crippen molar-refractivity contribution in [2.24, 2.45) is 5.92 Å². The number of amides is 1. The Kier molecular flexibility index (Phi) is 5.88. The topological polar surface area (TPSA) is 68.6 Å². The number of carbonyl (C=O) groups excluding carboxylic acids is 2. The van der Waals surface area contributed by atoms with Crippen LogP contribution in [0.3, 0.4) is 0 Å². The number of carbonyl (C=O) groups is 2. The van der Waals surface area contributed by atoms with Crippen molar-refractivity contribution < 1.29 is 14.3 Å². The first-order valence-corrected chi connectivity index (χ1v) is 11.5. The third kappa shape index (κ3) is 3.96. The van der Waals surface area contributed by atoms with Crippen molar-refractivity contribution in [3.8, 4) is 5.75 Å². The first-order valence-electron chi connectivity index (χ1n) is 11.5. The summed E-state index contributed by atoms with van der Waals surface area (Å²) in [6, 6.07) is 22.0. The number of Topliss-reactive ketones (excluding diaryl/α,β-unsaturated/α-hetero) is 1. The number of hydrogen-bond acceptors (Lipinski definition) is 4. The number of hydrogen-bond donors (Lipinski definition) is 0. The second-order valence-corrected chi connectivity index (χ2v) is 8.70. The standard InChI is InChI=1S/C28H26N2O4/c1-34-21-12-10-19(11-13-21)27(32)20-14-16-29(17-15-20)26(31)18-30-24-8-4-2-6-22(24)28(33)23-7-3-5-9-25(23)30/h2-13,20H,14-18H2,1H3. The van der Waals surface area contributed by atoms with E-state index in [9.17, 15) is 14.4 Å². The molecule has 1 aliphatic heterocycles. The van der Waals surface area contributed by atoms with Crippen LogP contribution < -0.4 is 10.2 Å². The van der Waals surface area contributed by atoms with Gasteiger partial charge in [-0.1, -0.05) is 24.3 Å². The molecule has 2 heterocycles. The number of aromatic nitrogens is 1. The van der Waals surface area contributed by atoms with E-state index in [-0.39, 0.29) is 29.6 Å². The predicted octanol–water partition coefficient (Wildman–Crippen LogP) is 4.28. The van der Waals surface area contributed by atoms with Gasteiger partial charge >= 0.3 is 0 Å². The number of para-hydroxylation sites is 2. The Morgan fingerprint density at radius 3 is 1.97 bits per heavy atom. The Morgan fingerprint density at radius 1 is 0.853 bits per heavy atom. The lowest BCUT2D eigenvalue weighted by Gasteiger charge is -2.32. The predicted molar refractivity (Wildman–Crippen MR) is 132 cm³/mol. The summed E-state index contributed by atoms with van der Waals surface area (Å²) in [7, 11) is 1.60. The van der Waals surface area contributed by atoms with Crippen LogP contribution in [0, 0.1) is 5.92 Å². The molecule has 5 rings (SSSR count). The Hall–Kier alpha value is -3.93. The molecule has 1 saturated heterocycles. The summed E-state index contributed by atoms with van der Waals surface area (Å²) in [6.07, 6.45) is 1.28. The van der Waals surface area contributed by atoms with Gasteiger partial charge in [0.25, 0.3) is 0 Å². The van der Waals surface area contributed by atoms with Crippen LogP contribution in [0.2, 0.25) is 0 Å². The molecule has 6 heteroatoms. The molecule has 0 bridgehead atoms. The van der Waals surface area contributed by atoms with Gasteiger partial charge in [0.05, 0.1) is 18.1 Å². The fourth-order valence-electron chi connectivity index (χ4n) is 4.86. The van der Waals surface area contributed by atoms with Crippen LogP contribution in [0.1, 0.15) is 23.2 Å². The lowest BCUT2D eigenvalue weighted by molar-refractivity contribution is -0.132. The van der Waals surface area contributed by atoms with Crippen molar-refractivity contribution in [3.63, 3.8) is 0 Å². The first kappa shape index (κ1) is 21.9. The Labute approximate surface area is 197 Å². The van der Waals surface area contributed by atoms with E-state index in [1.54, 1.807) is 43.5 Å². The number of rotatable bonds is 5. The van der Waals surface area contributed by atoms with E-state index in [1.807, 2.05) is 45.9 Å². The van der Waals surface area contributed by atoms with Gasteiger partial charge in [-0.05, 0) is 61.4 Å². The minimum absolute atomic E-state index is 0.00528. The van der Waals surface area contributed by atoms with Crippen LogP contribution in [0.4, 0.5) is 0 Å². The highest BCUT2D eigenvalue weighted by Crippen LogP contribution is 2.24. The molecule has 0 radical (unpaired) electrons. The number of methoxy groups -OCH3 is 1. The van der Waals surface area contributed by atoms with E-state index in [1.165, 1.54) is 0 Å². The van der Waals surface area contributed by atoms with E-state index in [4.69, 9.17) is 4.74 Å². The molecule has 0 spiro atoms. The fraction of sp³-hybridized carbons (Fsp3) is 0.250. The van der Waals surface area contributed by atoms with Crippen molar-refractivity contribution in [3.05, 3.63) is 88.6 Å². The first-order chi connectivity index (χ1) is 16.6. The Balaban J connectivity index is 1.33. The van der Waals surface area contributed by atoms with Crippen molar-refractivity contribution >= 4 is 33.5 Å². The largest absolute Gasteiger partial charge is 0.497 e. The van der Waals surface area contributed by atoms with Crippen molar-refractivity contribution in [1.29, 1.82) is 0 Å². The zero-order valence-corrected chi connectivity index (χ0v) is 19.1. The Morgan fingerprint density at radius 2 is 1.41 bits per heavy atom. The molecule has 1 amide bonds. The summed E-state index contributed by atoms with van der Waals surface area (Å²) in [5, 5.41) is 1.22. The number of piperidine rings is 1. The van der Waals surface area contributed by atoms with E-state index in [2.05, 4.69) is 0 Å². The molecule has 34 heavy (non-hydrogen) atoms. The molecule has 0 N–H and O–H groups in total. The van der Waals surface area contributed by atoms with Crippen molar-refractivity contribution in [2.75, 3.05) is 20.2 Å². The number of likely N-dealkylation sites (tertiary alicyclic amines) is 1. The van der Waals surface area contributed by atoms with E-state index < -0.39 is 0 Å². The molecule has 0 unspecified atom stereocenters. The van der Waals surface area contributed by atoms with Gasteiger partial charge < -0.3 is 14.2 Å². The summed E-state index contributed by atoms with van der Waals surface area (Å²) in [4.78, 5) is 41.0. The maximum absolute atomic E-state index is 13.3. The van der Waals surface area contributed by atoms with E-state index in [0.717, 1.165) is 16.8 Å². The third-order valence-corrected chi connectivity index (χ3v) is 6.77. The van der Waals surface area contributed by atoms with Gasteiger partial charge in [0.2, 0.25) is 5.91 Å². The second kappa shape index (κ2) is 9.14. The monoisotopic (exact) mass is 454 g/mol. The molecule has 1 aliphatic rings. The highest BCUT2D eigenvalue weighted by molar-refractivity contribution is 5.98. The maximum Gasteiger partial charge on any atom is 0.242 e. The van der Waals surface area contributed by atoms with Gasteiger partial charge in [0.1, 0.15) is 12.3 Å². The lowest BCUT2D eigenvalue weighted by Crippen LogP contribution is -2.42. The van der Waals surface area contributed by atoms with E-state index >= 15 is 0 Å². The number of benzene rings is 3. The zero-order chi connectivity index (χ0) is 23.7. The average Bonchev–Trinajstić information content (AvgIpc) is 2.90. The van der Waals surface area contributed by atoms with Gasteiger partial charge in [-0.25, -0.2) is 0 Å². The highest BCUT2D eigenvalue weighted by atomic mass is 16.5. The highest BCUT2D eigenvalue weighted by Gasteiger charge is 2.28. The molecule has 0 atom stereocenters. The minimum Gasteiger partial charge on any atom is -0.497 e. The van der Waals surface area contributed by atoms with Crippen molar-refractivity contribution in [2.45, 2.75) is 19.4 Å². The van der Waals surface area contributed by atoms with Crippen LogP contribution in [0.25, 0.3) is 21.8 Å². The normalized spacial score (nSPS) is 14.4. The van der Waals surface area contributed by atoms with Gasteiger partial charge in [0.15, 0.2) is 11.2 Å². The van der Waals surface area contributed by atoms with E-state index in [0.29, 0.717) is 42.3 Å². The third-order valence-electron chi connectivity index (χ3n) is 6.77. The van der Waals surface area contributed by atoms with Crippen LogP contribution in [0.5, 0.6) is 5.75 Å². The smallest absolute Gasteiger partial charge is 0.242 e. The number of pyridine rings is 1. The molecular weight excluding hydrogens is 428 g/mol. The van der Waals surface area contributed by atoms with Crippen LogP contribution >= 0.6 is 0 Å². The van der Waals surface area contributed by atoms with Crippen LogP contribution in [-0.4, -0.2) is 41.4 Å². The zero-order valence-electron chi connectivity index (χ0n) is 19.1. The number of ketones is 1. The van der Waals surface area contributed by atoms with Gasteiger partial charge in [-0.3, -0.25) is 14.4 Å². The molecular formula is C28H26N2O4. The summed E-state index contributed by atoms with van der Waals surface area (Å²) in [5.74, 6) is 0.743. The molecule has 0 saturated carbocycles. The minimum atomic E-state index is -0.0912. The number of ether oxygens (including phenoxy) is 1. The van der Waals surface area contributed by atoms with Gasteiger partial charge in [-0.2, -0.15) is 0 Å². The molecule has 3 aromatic carbocycles. The Bertz CT molecular complexity index is 1370. The molecule has 4 aromatic rings. The quantitative estimate of drug-likeness (QED) is 0.333. The molecule has 0 aliphatic carbocycles. The number of nitrogens with zero attached hydrogens (tertiary/aromatic N) is 2. The summed E-state index contributed by atoms with van der Waals surface area (Å²) < 4.78 is 7.10. The average molecular weight is 455 g/mol. The van der Waals surface area contributed by atoms with Gasteiger partial charge in [0, 0.05) is 35.3 Å². The number of fused-ring (bicyclic) bond motifs is 2. The van der Waals surface area contributed by atoms with Gasteiger partial charge in [-0.15, -0.1) is 0 Å². The SMILES string of the molecule is COc1ccc(C(=O)C2CCN(C(=O)Cn3c4ccccc4c(=O)c4ccccc43)CC2)cc1. The summed E-state index contributed by atoms with van der Waals surface area (Å²) in [6.45, 7) is 1.24. The summed E-state index contributed by atoms with van der Waals surface area (Å²) >= 11 is 0. The maximum atomic E-state index is 13.3. The molecule has 172 valence electrons. The van der Waals surface area contributed by atoms with Crippen molar-refractivity contribution in [1.82, 2.24) is 9.47 Å². The molecule has 1 aromatic heterocycles. The summed E-state index contributed by atoms with van der Waals surface area (Å²) in [5.41, 5.74) is 2.16.